The van der Waals surface area contributed by atoms with Crippen LogP contribution in [0.4, 0.5) is 0 Å². The van der Waals surface area contributed by atoms with Gasteiger partial charge >= 0.3 is 5.97 Å². The van der Waals surface area contributed by atoms with Crippen molar-refractivity contribution in [1.82, 2.24) is 10.6 Å². The minimum atomic E-state index is -0.590. The van der Waals surface area contributed by atoms with Crippen LogP contribution in [0.3, 0.4) is 0 Å². The van der Waals surface area contributed by atoms with E-state index in [1.165, 1.54) is 0 Å². The number of ether oxygens (including phenoxy) is 1. The van der Waals surface area contributed by atoms with Crippen LogP contribution in [-0.2, 0) is 19.1 Å². The molecule has 6 heteroatoms. The number of carbonyl (C=O) groups excluding carboxylic acids is 3. The molecule has 1 heterocycles. The lowest BCUT2D eigenvalue weighted by Crippen LogP contribution is -2.55. The van der Waals surface area contributed by atoms with E-state index in [9.17, 15) is 14.4 Å². The van der Waals surface area contributed by atoms with E-state index in [4.69, 9.17) is 4.74 Å². The summed E-state index contributed by atoms with van der Waals surface area (Å²) in [4.78, 5) is 34.2. The molecule has 1 aliphatic rings. The van der Waals surface area contributed by atoms with E-state index in [1.54, 1.807) is 27.7 Å². The third-order valence-electron chi connectivity index (χ3n) is 2.45. The van der Waals surface area contributed by atoms with Gasteiger partial charge in [0.15, 0.2) is 0 Å². The summed E-state index contributed by atoms with van der Waals surface area (Å²) < 4.78 is 5.20. The van der Waals surface area contributed by atoms with Crippen LogP contribution in [0.5, 0.6) is 0 Å². The Morgan fingerprint density at radius 3 is 2.56 bits per heavy atom. The molecule has 0 radical (unpaired) electrons. The smallest absolute Gasteiger partial charge is 0.323 e. The average molecular weight is 256 g/mol. The minimum absolute atomic E-state index is 0.275. The molecule has 2 unspecified atom stereocenters. The van der Waals surface area contributed by atoms with Gasteiger partial charge in [0.25, 0.3) is 0 Å². The topological polar surface area (TPSA) is 84.5 Å². The SMILES string of the molecule is CC(NC1CCC(=O)NC1=O)C(=O)OC(C)(C)C. The molecule has 1 aliphatic heterocycles. The fourth-order valence-corrected chi connectivity index (χ4v) is 1.61. The fraction of sp³-hybridized carbons (Fsp3) is 0.750. The van der Waals surface area contributed by atoms with Gasteiger partial charge in [0.05, 0.1) is 6.04 Å². The van der Waals surface area contributed by atoms with E-state index < -0.39 is 23.7 Å². The maximum absolute atomic E-state index is 11.7. The highest BCUT2D eigenvalue weighted by molar-refractivity contribution is 6.00. The molecule has 6 nitrogen and oxygen atoms in total. The van der Waals surface area contributed by atoms with Crippen LogP contribution < -0.4 is 10.6 Å². The minimum Gasteiger partial charge on any atom is -0.459 e. The number of piperidine rings is 1. The molecule has 0 saturated carbocycles. The van der Waals surface area contributed by atoms with Gasteiger partial charge in [-0.3, -0.25) is 25.0 Å². The van der Waals surface area contributed by atoms with Crippen LogP contribution in [-0.4, -0.2) is 35.5 Å². The van der Waals surface area contributed by atoms with Gasteiger partial charge in [-0.1, -0.05) is 0 Å². The predicted molar refractivity (Wildman–Crippen MR) is 64.6 cm³/mol. The van der Waals surface area contributed by atoms with Crippen molar-refractivity contribution in [2.45, 2.75) is 58.2 Å². The zero-order valence-corrected chi connectivity index (χ0v) is 11.2. The number of hydrogen-bond donors (Lipinski definition) is 2. The summed E-state index contributed by atoms with van der Waals surface area (Å²) in [6.07, 6.45) is 0.683. The summed E-state index contributed by atoms with van der Waals surface area (Å²) >= 11 is 0. The number of carbonyl (C=O) groups is 3. The second kappa shape index (κ2) is 5.48. The van der Waals surface area contributed by atoms with E-state index in [2.05, 4.69) is 10.6 Å². The Morgan fingerprint density at radius 1 is 1.44 bits per heavy atom. The molecule has 1 saturated heterocycles. The van der Waals surface area contributed by atoms with Crippen LogP contribution >= 0.6 is 0 Å². The first-order chi connectivity index (χ1) is 8.19. The van der Waals surface area contributed by atoms with Crippen molar-refractivity contribution in [3.05, 3.63) is 0 Å². The third-order valence-corrected chi connectivity index (χ3v) is 2.45. The summed E-state index contributed by atoms with van der Waals surface area (Å²) in [5.41, 5.74) is -0.558. The first-order valence-electron chi connectivity index (χ1n) is 6.01. The summed E-state index contributed by atoms with van der Waals surface area (Å²) in [7, 11) is 0. The molecule has 0 aromatic rings. The van der Waals surface area contributed by atoms with Gasteiger partial charge in [0, 0.05) is 6.42 Å². The van der Waals surface area contributed by atoms with E-state index >= 15 is 0 Å². The summed E-state index contributed by atoms with van der Waals surface area (Å²) in [5, 5.41) is 5.10. The first-order valence-corrected chi connectivity index (χ1v) is 6.01. The number of hydrogen-bond acceptors (Lipinski definition) is 5. The summed E-state index contributed by atoms with van der Waals surface area (Å²) in [6.45, 7) is 6.98. The lowest BCUT2D eigenvalue weighted by atomic mass is 10.1. The lowest BCUT2D eigenvalue weighted by Gasteiger charge is -2.27. The van der Waals surface area contributed by atoms with Gasteiger partial charge in [-0.25, -0.2) is 0 Å². The molecule has 0 aliphatic carbocycles. The van der Waals surface area contributed by atoms with Crippen LogP contribution in [0.25, 0.3) is 0 Å². The quantitative estimate of drug-likeness (QED) is 0.553. The van der Waals surface area contributed by atoms with Gasteiger partial charge in [-0.05, 0) is 34.1 Å². The molecule has 0 bridgehead atoms. The monoisotopic (exact) mass is 256 g/mol. The Labute approximate surface area is 106 Å². The van der Waals surface area contributed by atoms with Crippen molar-refractivity contribution in [2.24, 2.45) is 0 Å². The van der Waals surface area contributed by atoms with Crippen LogP contribution in [0, 0.1) is 0 Å². The maximum Gasteiger partial charge on any atom is 0.323 e. The van der Waals surface area contributed by atoms with Gasteiger partial charge in [0.1, 0.15) is 11.6 Å². The van der Waals surface area contributed by atoms with Gasteiger partial charge in [0.2, 0.25) is 11.8 Å². The summed E-state index contributed by atoms with van der Waals surface area (Å²) in [6, 6.07) is -1.11. The maximum atomic E-state index is 11.7. The van der Waals surface area contributed by atoms with Crippen molar-refractivity contribution in [1.29, 1.82) is 0 Å². The number of rotatable bonds is 3. The zero-order valence-electron chi connectivity index (χ0n) is 11.2. The molecular formula is C12H20N2O4. The largest absolute Gasteiger partial charge is 0.459 e. The van der Waals surface area contributed by atoms with Gasteiger partial charge in [-0.2, -0.15) is 0 Å². The van der Waals surface area contributed by atoms with Crippen molar-refractivity contribution in [2.75, 3.05) is 0 Å². The number of esters is 1. The second-order valence-electron chi connectivity index (χ2n) is 5.43. The molecule has 0 aromatic carbocycles. The standard InChI is InChI=1S/C12H20N2O4/c1-7(11(17)18-12(2,3)4)13-8-5-6-9(15)14-10(8)16/h7-8,13H,5-6H2,1-4H3,(H,14,15,16). The first kappa shape index (κ1) is 14.6. The van der Waals surface area contributed by atoms with Crippen LogP contribution in [0.1, 0.15) is 40.5 Å². The molecule has 2 amide bonds. The molecular weight excluding hydrogens is 236 g/mol. The Balaban J connectivity index is 2.49. The normalized spacial score (nSPS) is 22.3. The Hall–Kier alpha value is -1.43. The molecule has 0 spiro atoms. The average Bonchev–Trinajstić information content (AvgIpc) is 2.19. The van der Waals surface area contributed by atoms with E-state index in [1.807, 2.05) is 0 Å². The molecule has 1 rings (SSSR count). The molecule has 2 N–H and O–H groups in total. The molecule has 18 heavy (non-hydrogen) atoms. The van der Waals surface area contributed by atoms with Crippen molar-refractivity contribution >= 4 is 17.8 Å². The van der Waals surface area contributed by atoms with Crippen LogP contribution in [0.2, 0.25) is 0 Å². The molecule has 1 fully saturated rings. The number of amides is 2. The van der Waals surface area contributed by atoms with Crippen molar-refractivity contribution < 1.29 is 19.1 Å². The van der Waals surface area contributed by atoms with Gasteiger partial charge < -0.3 is 4.74 Å². The molecule has 0 aromatic heterocycles. The van der Waals surface area contributed by atoms with Crippen molar-refractivity contribution in [3.8, 4) is 0 Å². The second-order valence-corrected chi connectivity index (χ2v) is 5.43. The van der Waals surface area contributed by atoms with Crippen LogP contribution in [0.15, 0.2) is 0 Å². The number of nitrogens with one attached hydrogen (secondary N) is 2. The Kier molecular flexibility index (Phi) is 4.45. The zero-order chi connectivity index (χ0) is 13.9. The summed E-state index contributed by atoms with van der Waals surface area (Å²) in [5.74, 6) is -1.07. The number of imide groups is 1. The highest BCUT2D eigenvalue weighted by Gasteiger charge is 2.30. The van der Waals surface area contributed by atoms with Gasteiger partial charge in [-0.15, -0.1) is 0 Å². The molecule has 102 valence electrons. The predicted octanol–water partition coefficient (Wildman–Crippen LogP) is 0.111. The fourth-order valence-electron chi connectivity index (χ4n) is 1.61. The lowest BCUT2D eigenvalue weighted by molar-refractivity contribution is -0.157. The van der Waals surface area contributed by atoms with E-state index in [0.717, 1.165) is 0 Å². The highest BCUT2D eigenvalue weighted by Crippen LogP contribution is 2.10. The third kappa shape index (κ3) is 4.44. The van der Waals surface area contributed by atoms with Crippen molar-refractivity contribution in [3.63, 3.8) is 0 Å². The van der Waals surface area contributed by atoms with E-state index in [0.29, 0.717) is 6.42 Å². The Bertz CT molecular complexity index is 360. The van der Waals surface area contributed by atoms with E-state index in [-0.39, 0.29) is 18.2 Å². The highest BCUT2D eigenvalue weighted by atomic mass is 16.6. The Morgan fingerprint density at radius 2 is 2.06 bits per heavy atom. The molecule has 2 atom stereocenters.